The molecule has 0 aliphatic heterocycles. The fourth-order valence-corrected chi connectivity index (χ4v) is 2.74. The summed E-state index contributed by atoms with van der Waals surface area (Å²) in [7, 11) is 0. The second-order valence-electron chi connectivity index (χ2n) is 4.75. The smallest absolute Gasteiger partial charge is 0.192 e. The average molecular weight is 297 g/mol. The highest BCUT2D eigenvalue weighted by molar-refractivity contribution is 6.32. The maximum atomic E-state index is 13.4. The van der Waals surface area contributed by atoms with Gasteiger partial charge in [0.15, 0.2) is 0 Å². The van der Waals surface area contributed by atoms with Gasteiger partial charge in [-0.2, -0.15) is 23.7 Å². The maximum absolute atomic E-state index is 13.4. The predicted octanol–water partition coefficient (Wildman–Crippen LogP) is 4.36. The summed E-state index contributed by atoms with van der Waals surface area (Å²) in [6.07, 6.45) is -4.95. The summed E-state index contributed by atoms with van der Waals surface area (Å²) < 4.78 is 40.1. The summed E-state index contributed by atoms with van der Waals surface area (Å²) in [6, 6.07) is 7.52. The Morgan fingerprint density at radius 1 is 1.30 bits per heavy atom. The largest absolute Gasteiger partial charge is 0.398 e. The minimum atomic E-state index is -4.50. The lowest BCUT2D eigenvalue weighted by molar-refractivity contribution is -0.182. The highest BCUT2D eigenvalue weighted by Crippen LogP contribution is 2.56. The molecule has 1 aromatic carbocycles. The fraction of sp³-hybridized carbons (Fsp3) is 0.286. The van der Waals surface area contributed by atoms with Crippen molar-refractivity contribution in [1.29, 1.82) is 10.5 Å². The number of rotatable bonds is 0. The van der Waals surface area contributed by atoms with Gasteiger partial charge in [-0.25, -0.2) is 0 Å². The molecule has 1 unspecified atom stereocenters. The average Bonchev–Trinajstić information content (AvgIpc) is 2.67. The maximum Gasteiger partial charge on any atom is 0.398 e. The van der Waals surface area contributed by atoms with E-state index in [-0.39, 0.29) is 27.3 Å². The molecule has 0 spiro atoms. The molecule has 1 atom stereocenters. The minimum Gasteiger partial charge on any atom is -0.192 e. The van der Waals surface area contributed by atoms with E-state index in [1.807, 2.05) is 0 Å². The highest BCUT2D eigenvalue weighted by atomic mass is 35.5. The molecular weight excluding hydrogens is 289 g/mol. The topological polar surface area (TPSA) is 47.6 Å². The molecule has 0 N–H and O–H groups in total. The van der Waals surface area contributed by atoms with Gasteiger partial charge in [0.25, 0.3) is 0 Å². The minimum absolute atomic E-state index is 0.00972. The van der Waals surface area contributed by atoms with Crippen LogP contribution in [0.1, 0.15) is 24.5 Å². The molecule has 0 fully saturated rings. The Morgan fingerprint density at radius 3 is 2.40 bits per heavy atom. The Labute approximate surface area is 118 Å². The van der Waals surface area contributed by atoms with Gasteiger partial charge in [-0.1, -0.05) is 23.7 Å². The lowest BCUT2D eigenvalue weighted by atomic mass is 9.83. The van der Waals surface area contributed by atoms with Crippen molar-refractivity contribution in [3.8, 4) is 12.1 Å². The molecular formula is C14H8ClF3N2. The highest BCUT2D eigenvalue weighted by Gasteiger charge is 2.57. The van der Waals surface area contributed by atoms with Gasteiger partial charge in [0, 0.05) is 10.6 Å². The van der Waals surface area contributed by atoms with Crippen LogP contribution in [0.4, 0.5) is 13.2 Å². The van der Waals surface area contributed by atoms with Crippen molar-refractivity contribution < 1.29 is 13.2 Å². The zero-order valence-electron chi connectivity index (χ0n) is 10.3. The van der Waals surface area contributed by atoms with Crippen molar-refractivity contribution in [3.63, 3.8) is 0 Å². The van der Waals surface area contributed by atoms with Crippen LogP contribution in [-0.4, -0.2) is 6.18 Å². The molecule has 0 heterocycles. The third kappa shape index (κ3) is 1.87. The number of nitrogens with zero attached hydrogens (tertiary/aromatic N) is 2. The number of halogens is 4. The molecule has 1 aliphatic rings. The summed E-state index contributed by atoms with van der Waals surface area (Å²) in [6.45, 7) is 1.06. The van der Waals surface area contributed by atoms with Crippen molar-refractivity contribution in [3.05, 3.63) is 39.9 Å². The van der Waals surface area contributed by atoms with E-state index in [0.29, 0.717) is 0 Å². The van der Waals surface area contributed by atoms with Crippen LogP contribution in [0.15, 0.2) is 23.8 Å². The molecule has 1 aliphatic carbocycles. The van der Waals surface area contributed by atoms with Crippen molar-refractivity contribution in [2.45, 2.75) is 24.9 Å². The number of hydrogen-bond acceptors (Lipinski definition) is 2. The molecule has 1 aromatic rings. The molecule has 0 radical (unpaired) electrons. The van der Waals surface area contributed by atoms with Crippen LogP contribution in [0.25, 0.3) is 5.57 Å². The summed E-state index contributed by atoms with van der Waals surface area (Å²) >= 11 is 5.98. The van der Waals surface area contributed by atoms with E-state index in [0.717, 1.165) is 6.92 Å². The normalized spacial score (nSPS) is 21.1. The monoisotopic (exact) mass is 296 g/mol. The van der Waals surface area contributed by atoms with E-state index in [4.69, 9.17) is 22.1 Å². The molecule has 2 nitrogen and oxygen atoms in total. The van der Waals surface area contributed by atoms with Crippen LogP contribution in [0.3, 0.4) is 0 Å². The summed E-state index contributed by atoms with van der Waals surface area (Å²) in [5.41, 5.74) is -2.23. The van der Waals surface area contributed by atoms with Gasteiger partial charge in [0.2, 0.25) is 0 Å². The Hall–Kier alpha value is -1.98. The second-order valence-corrected chi connectivity index (χ2v) is 5.15. The third-order valence-electron chi connectivity index (χ3n) is 3.59. The number of nitriles is 2. The van der Waals surface area contributed by atoms with E-state index < -0.39 is 18.0 Å². The standard InChI is InChI=1S/C14H8ClF3N2/c1-13(14(16,17)18)5-9(8(6-19)7-20)12-10(13)3-2-4-11(12)15/h2-4H,5H2,1H3. The van der Waals surface area contributed by atoms with Crippen molar-refractivity contribution in [2.24, 2.45) is 0 Å². The molecule has 0 saturated heterocycles. The first kappa shape index (κ1) is 14.4. The van der Waals surface area contributed by atoms with Crippen LogP contribution < -0.4 is 0 Å². The summed E-state index contributed by atoms with van der Waals surface area (Å²) in [5, 5.41) is 18.0. The fourth-order valence-electron chi connectivity index (χ4n) is 2.45. The number of benzene rings is 1. The molecule has 2 rings (SSSR count). The quantitative estimate of drug-likeness (QED) is 0.668. The third-order valence-corrected chi connectivity index (χ3v) is 3.91. The van der Waals surface area contributed by atoms with Crippen LogP contribution >= 0.6 is 11.6 Å². The SMILES string of the molecule is CC1(C(F)(F)F)CC(=C(C#N)C#N)c2c(Cl)cccc21. The van der Waals surface area contributed by atoms with Gasteiger partial charge in [-0.05, 0) is 30.5 Å². The number of allylic oxidation sites excluding steroid dienone is 2. The first-order valence-corrected chi connectivity index (χ1v) is 6.03. The molecule has 0 aromatic heterocycles. The Morgan fingerprint density at radius 2 is 1.90 bits per heavy atom. The molecule has 20 heavy (non-hydrogen) atoms. The van der Waals surface area contributed by atoms with Gasteiger partial charge >= 0.3 is 6.18 Å². The summed E-state index contributed by atoms with van der Waals surface area (Å²) in [5.74, 6) is 0. The lowest BCUT2D eigenvalue weighted by Crippen LogP contribution is -2.37. The van der Waals surface area contributed by atoms with E-state index >= 15 is 0 Å². The van der Waals surface area contributed by atoms with Crippen LogP contribution in [0.2, 0.25) is 5.02 Å². The molecule has 0 bridgehead atoms. The zero-order chi connectivity index (χ0) is 15.1. The first-order chi connectivity index (χ1) is 9.26. The Kier molecular flexibility index (Phi) is 3.28. The lowest BCUT2D eigenvalue weighted by Gasteiger charge is -2.28. The number of alkyl halides is 3. The van der Waals surface area contributed by atoms with E-state index in [1.54, 1.807) is 12.1 Å². The van der Waals surface area contributed by atoms with Crippen molar-refractivity contribution in [1.82, 2.24) is 0 Å². The number of fused-ring (bicyclic) bond motifs is 1. The van der Waals surface area contributed by atoms with Crippen LogP contribution in [-0.2, 0) is 5.41 Å². The van der Waals surface area contributed by atoms with E-state index in [1.165, 1.54) is 18.2 Å². The van der Waals surface area contributed by atoms with Gasteiger partial charge in [0.1, 0.15) is 17.7 Å². The van der Waals surface area contributed by atoms with Gasteiger partial charge < -0.3 is 0 Å². The zero-order valence-corrected chi connectivity index (χ0v) is 11.1. The summed E-state index contributed by atoms with van der Waals surface area (Å²) in [4.78, 5) is 0. The van der Waals surface area contributed by atoms with Crippen molar-refractivity contribution >= 4 is 17.2 Å². The van der Waals surface area contributed by atoms with Gasteiger partial charge in [-0.3, -0.25) is 0 Å². The molecule has 102 valence electrons. The predicted molar refractivity (Wildman–Crippen MR) is 67.6 cm³/mol. The number of hydrogen-bond donors (Lipinski definition) is 0. The van der Waals surface area contributed by atoms with Gasteiger partial charge in [-0.15, -0.1) is 0 Å². The van der Waals surface area contributed by atoms with E-state index in [2.05, 4.69) is 0 Å². The first-order valence-electron chi connectivity index (χ1n) is 5.65. The molecule has 0 amide bonds. The molecule has 6 heteroatoms. The van der Waals surface area contributed by atoms with Crippen LogP contribution in [0.5, 0.6) is 0 Å². The Balaban J connectivity index is 2.85. The van der Waals surface area contributed by atoms with E-state index in [9.17, 15) is 13.2 Å². The van der Waals surface area contributed by atoms with Crippen LogP contribution in [0, 0.1) is 22.7 Å². The molecule has 0 saturated carbocycles. The Bertz CT molecular complexity index is 676. The second kappa shape index (κ2) is 4.54. The van der Waals surface area contributed by atoms with Gasteiger partial charge in [0.05, 0.1) is 5.41 Å². The van der Waals surface area contributed by atoms with Crippen molar-refractivity contribution in [2.75, 3.05) is 0 Å².